The summed E-state index contributed by atoms with van der Waals surface area (Å²) in [5, 5.41) is 7.39. The van der Waals surface area contributed by atoms with Crippen LogP contribution in [0.1, 0.15) is 30.5 Å². The van der Waals surface area contributed by atoms with Gasteiger partial charge in [-0.2, -0.15) is 0 Å². The fraction of sp³-hybridized carbons (Fsp3) is 0.308. The van der Waals surface area contributed by atoms with E-state index in [4.69, 9.17) is 11.1 Å². The smallest absolute Gasteiger partial charge is 0.0394 e. The van der Waals surface area contributed by atoms with Gasteiger partial charge in [0.25, 0.3) is 0 Å². The molecule has 0 aliphatic carbocycles. The van der Waals surface area contributed by atoms with Crippen LogP contribution < -0.4 is 5.73 Å². The van der Waals surface area contributed by atoms with Crippen LogP contribution in [0.25, 0.3) is 6.08 Å². The largest absolute Gasteiger partial charge is 0.398 e. The lowest BCUT2D eigenvalue weighted by Crippen LogP contribution is -1.97. The maximum Gasteiger partial charge on any atom is 0.0394 e. The molecular formula is C13H18N2. The van der Waals surface area contributed by atoms with Crippen molar-refractivity contribution in [2.45, 2.75) is 20.8 Å². The first-order chi connectivity index (χ1) is 7.06. The molecule has 0 unspecified atom stereocenters. The second kappa shape index (κ2) is 4.78. The molecule has 0 atom stereocenters. The highest BCUT2D eigenvalue weighted by molar-refractivity contribution is 5.89. The third kappa shape index (κ3) is 2.69. The molecule has 1 aromatic carbocycles. The highest BCUT2D eigenvalue weighted by atomic mass is 14.6. The Bertz CT molecular complexity index is 390. The molecule has 0 aliphatic heterocycles. The fourth-order valence-electron chi connectivity index (χ4n) is 1.43. The van der Waals surface area contributed by atoms with Crippen molar-refractivity contribution in [1.82, 2.24) is 0 Å². The lowest BCUT2D eigenvalue weighted by atomic mass is 9.99. The SMILES string of the molecule is Cc1ccc(N)c(/C=C\C(C)C)c1C=N. The first-order valence-corrected chi connectivity index (χ1v) is 5.14. The van der Waals surface area contributed by atoms with Gasteiger partial charge in [0.05, 0.1) is 0 Å². The van der Waals surface area contributed by atoms with Crippen molar-refractivity contribution >= 4 is 18.0 Å². The van der Waals surface area contributed by atoms with Crippen LogP contribution in [0.3, 0.4) is 0 Å². The van der Waals surface area contributed by atoms with Gasteiger partial charge in [-0.3, -0.25) is 0 Å². The lowest BCUT2D eigenvalue weighted by molar-refractivity contribution is 0.836. The second-order valence-electron chi connectivity index (χ2n) is 4.05. The van der Waals surface area contributed by atoms with E-state index in [9.17, 15) is 0 Å². The van der Waals surface area contributed by atoms with Crippen molar-refractivity contribution in [3.05, 3.63) is 34.9 Å². The molecule has 2 heteroatoms. The number of aryl methyl sites for hydroxylation is 1. The molecule has 2 nitrogen and oxygen atoms in total. The maximum absolute atomic E-state index is 7.39. The van der Waals surface area contributed by atoms with Crippen LogP contribution in [0.15, 0.2) is 18.2 Å². The van der Waals surface area contributed by atoms with Gasteiger partial charge in [0.2, 0.25) is 0 Å². The lowest BCUT2D eigenvalue weighted by Gasteiger charge is -2.08. The van der Waals surface area contributed by atoms with E-state index in [1.165, 1.54) is 6.21 Å². The molecule has 1 rings (SSSR count). The van der Waals surface area contributed by atoms with E-state index < -0.39 is 0 Å². The predicted molar refractivity (Wildman–Crippen MR) is 67.3 cm³/mol. The van der Waals surface area contributed by atoms with Crippen molar-refractivity contribution in [1.29, 1.82) is 5.41 Å². The van der Waals surface area contributed by atoms with Gasteiger partial charge < -0.3 is 11.1 Å². The topological polar surface area (TPSA) is 49.9 Å². The number of anilines is 1. The van der Waals surface area contributed by atoms with Gasteiger partial charge in [-0.1, -0.05) is 32.1 Å². The summed E-state index contributed by atoms with van der Waals surface area (Å²) < 4.78 is 0. The number of hydrogen-bond donors (Lipinski definition) is 2. The van der Waals surface area contributed by atoms with Crippen LogP contribution in [0.4, 0.5) is 5.69 Å². The first kappa shape index (κ1) is 11.5. The van der Waals surface area contributed by atoms with Crippen molar-refractivity contribution in [2.75, 3.05) is 5.73 Å². The minimum Gasteiger partial charge on any atom is -0.398 e. The number of rotatable bonds is 3. The van der Waals surface area contributed by atoms with Crippen molar-refractivity contribution in [3.8, 4) is 0 Å². The molecule has 3 N–H and O–H groups in total. The quantitative estimate of drug-likeness (QED) is 0.573. The molecule has 0 heterocycles. The number of nitrogen functional groups attached to an aromatic ring is 1. The predicted octanol–water partition coefficient (Wildman–Crippen LogP) is 3.24. The van der Waals surface area contributed by atoms with E-state index in [-0.39, 0.29) is 0 Å². The average Bonchev–Trinajstić information content (AvgIpc) is 2.19. The molecule has 0 amide bonds. The van der Waals surface area contributed by atoms with Crippen LogP contribution in [0.5, 0.6) is 0 Å². The van der Waals surface area contributed by atoms with Gasteiger partial charge in [0.15, 0.2) is 0 Å². The molecule has 0 saturated carbocycles. The van der Waals surface area contributed by atoms with Gasteiger partial charge in [0.1, 0.15) is 0 Å². The highest BCUT2D eigenvalue weighted by Crippen LogP contribution is 2.21. The van der Waals surface area contributed by atoms with Gasteiger partial charge in [-0.25, -0.2) is 0 Å². The van der Waals surface area contributed by atoms with Crippen molar-refractivity contribution in [3.63, 3.8) is 0 Å². The molecular weight excluding hydrogens is 184 g/mol. The average molecular weight is 202 g/mol. The van der Waals surface area contributed by atoms with Crippen LogP contribution in [-0.4, -0.2) is 6.21 Å². The van der Waals surface area contributed by atoms with E-state index in [1.807, 2.05) is 25.1 Å². The number of hydrogen-bond acceptors (Lipinski definition) is 2. The molecule has 0 spiro atoms. The Kier molecular flexibility index (Phi) is 3.67. The molecule has 15 heavy (non-hydrogen) atoms. The Labute approximate surface area is 91.3 Å². The Hall–Kier alpha value is -1.57. The zero-order valence-corrected chi connectivity index (χ0v) is 9.54. The summed E-state index contributed by atoms with van der Waals surface area (Å²) in [6.07, 6.45) is 5.47. The summed E-state index contributed by atoms with van der Waals surface area (Å²) in [7, 11) is 0. The van der Waals surface area contributed by atoms with Crippen molar-refractivity contribution in [2.24, 2.45) is 5.92 Å². The number of benzene rings is 1. The van der Waals surface area contributed by atoms with Crippen LogP contribution in [0, 0.1) is 18.3 Å². The fourth-order valence-corrected chi connectivity index (χ4v) is 1.43. The third-order valence-corrected chi connectivity index (χ3v) is 2.33. The van der Waals surface area contributed by atoms with Gasteiger partial charge >= 0.3 is 0 Å². The summed E-state index contributed by atoms with van der Waals surface area (Å²) in [5.41, 5.74) is 9.58. The van der Waals surface area contributed by atoms with E-state index in [0.717, 1.165) is 22.4 Å². The molecule has 1 aromatic rings. The van der Waals surface area contributed by atoms with Crippen LogP contribution in [0.2, 0.25) is 0 Å². The Morgan fingerprint density at radius 2 is 1.93 bits per heavy atom. The number of allylic oxidation sites excluding steroid dienone is 1. The monoisotopic (exact) mass is 202 g/mol. The standard InChI is InChI=1S/C13H18N2/c1-9(2)4-6-11-12(8-14)10(3)5-7-13(11)15/h4-9,14H,15H2,1-3H3/b6-4-,14-8?. The molecule has 0 bridgehead atoms. The van der Waals surface area contributed by atoms with E-state index in [1.54, 1.807) is 0 Å². The Balaban J connectivity index is 3.25. The third-order valence-electron chi connectivity index (χ3n) is 2.33. The highest BCUT2D eigenvalue weighted by Gasteiger charge is 2.04. The Morgan fingerprint density at radius 3 is 2.47 bits per heavy atom. The van der Waals surface area contributed by atoms with Gasteiger partial charge in [-0.15, -0.1) is 0 Å². The maximum atomic E-state index is 7.39. The first-order valence-electron chi connectivity index (χ1n) is 5.14. The minimum atomic E-state index is 0.489. The molecule has 80 valence electrons. The minimum absolute atomic E-state index is 0.489. The Morgan fingerprint density at radius 1 is 1.27 bits per heavy atom. The zero-order chi connectivity index (χ0) is 11.4. The molecule has 0 saturated heterocycles. The van der Waals surface area contributed by atoms with Gasteiger partial charge in [-0.05, 0) is 24.5 Å². The zero-order valence-electron chi connectivity index (χ0n) is 9.54. The molecule has 0 radical (unpaired) electrons. The van der Waals surface area contributed by atoms with Crippen LogP contribution >= 0.6 is 0 Å². The van der Waals surface area contributed by atoms with Crippen molar-refractivity contribution < 1.29 is 0 Å². The molecule has 0 aliphatic rings. The summed E-state index contributed by atoms with van der Waals surface area (Å²) >= 11 is 0. The normalized spacial score (nSPS) is 11.2. The molecule has 0 aromatic heterocycles. The van der Waals surface area contributed by atoms with E-state index in [0.29, 0.717) is 5.92 Å². The number of nitrogens with one attached hydrogen (secondary N) is 1. The van der Waals surface area contributed by atoms with Crippen LogP contribution in [-0.2, 0) is 0 Å². The summed E-state index contributed by atoms with van der Waals surface area (Å²) in [4.78, 5) is 0. The summed E-state index contributed by atoms with van der Waals surface area (Å²) in [6, 6.07) is 3.84. The van der Waals surface area contributed by atoms with E-state index in [2.05, 4.69) is 19.9 Å². The second-order valence-corrected chi connectivity index (χ2v) is 4.05. The summed E-state index contributed by atoms with van der Waals surface area (Å²) in [6.45, 7) is 6.23. The summed E-state index contributed by atoms with van der Waals surface area (Å²) in [5.74, 6) is 0.489. The van der Waals surface area contributed by atoms with E-state index >= 15 is 0 Å². The number of nitrogens with two attached hydrogens (primary N) is 1. The van der Waals surface area contributed by atoms with Gasteiger partial charge in [0, 0.05) is 23.0 Å². The molecule has 0 fully saturated rings.